The van der Waals surface area contributed by atoms with E-state index in [0.717, 1.165) is 32.4 Å². The van der Waals surface area contributed by atoms with Gasteiger partial charge >= 0.3 is 0 Å². The number of nitrogens with one attached hydrogen (secondary N) is 1. The number of fused-ring (bicyclic) bond motifs is 1. The van der Waals surface area contributed by atoms with Crippen molar-refractivity contribution in [2.75, 3.05) is 44.9 Å². The van der Waals surface area contributed by atoms with Crippen molar-refractivity contribution in [3.63, 3.8) is 0 Å². The highest BCUT2D eigenvalue weighted by atomic mass is 32.2. The molecule has 27 heavy (non-hydrogen) atoms. The van der Waals surface area contributed by atoms with Gasteiger partial charge in [-0.3, -0.25) is 9.48 Å². The largest absolute Gasteiger partial charge is 0.378 e. The monoisotopic (exact) mass is 394 g/mol. The highest BCUT2D eigenvalue weighted by Gasteiger charge is 2.31. The average molecular weight is 395 g/mol. The van der Waals surface area contributed by atoms with Crippen LogP contribution in [0.3, 0.4) is 0 Å². The molecule has 6 nitrogen and oxygen atoms in total. The Morgan fingerprint density at radius 3 is 2.85 bits per heavy atom. The molecule has 3 rings (SSSR count). The number of hydrogen-bond acceptors (Lipinski definition) is 5. The van der Waals surface area contributed by atoms with Crippen molar-refractivity contribution in [3.05, 3.63) is 17.0 Å². The summed E-state index contributed by atoms with van der Waals surface area (Å²) in [5.74, 6) is 1.79. The van der Waals surface area contributed by atoms with Crippen LogP contribution >= 0.6 is 11.8 Å². The van der Waals surface area contributed by atoms with Crippen LogP contribution in [0.1, 0.15) is 48.4 Å². The Labute approximate surface area is 167 Å². The Bertz CT molecular complexity index is 626. The topological polar surface area (TPSA) is 59.4 Å². The lowest BCUT2D eigenvalue weighted by atomic mass is 9.91. The quantitative estimate of drug-likeness (QED) is 0.685. The molecule has 0 unspecified atom stereocenters. The predicted octanol–water partition coefficient (Wildman–Crippen LogP) is 2.21. The van der Waals surface area contributed by atoms with Gasteiger partial charge in [0.25, 0.3) is 5.91 Å². The molecule has 1 aromatic heterocycles. The maximum atomic E-state index is 13.1. The first-order valence-electron chi connectivity index (χ1n) is 10.3. The van der Waals surface area contributed by atoms with E-state index in [1.165, 1.54) is 23.4 Å². The number of nitrogens with zero attached hydrogens (tertiary/aromatic N) is 3. The number of carbonyl (C=O) groups excluding carboxylic acids is 1. The lowest BCUT2D eigenvalue weighted by Gasteiger charge is -2.28. The van der Waals surface area contributed by atoms with E-state index < -0.39 is 0 Å². The molecule has 1 amide bonds. The van der Waals surface area contributed by atoms with Gasteiger partial charge in [0, 0.05) is 36.9 Å². The van der Waals surface area contributed by atoms with E-state index in [0.29, 0.717) is 44.0 Å². The van der Waals surface area contributed by atoms with Gasteiger partial charge in [-0.15, -0.1) is 0 Å². The minimum absolute atomic E-state index is 0.0834. The molecule has 1 atom stereocenters. The van der Waals surface area contributed by atoms with Crippen LogP contribution in [-0.2, 0) is 24.1 Å². The molecule has 2 aliphatic rings. The number of morpholine rings is 1. The third-order valence-corrected chi connectivity index (χ3v) is 6.04. The molecule has 152 valence electrons. The van der Waals surface area contributed by atoms with Gasteiger partial charge in [-0.2, -0.15) is 16.9 Å². The lowest BCUT2D eigenvalue weighted by molar-refractivity contribution is 0.0297. The van der Waals surface area contributed by atoms with Crippen LogP contribution in [0.4, 0.5) is 0 Å². The maximum Gasteiger partial charge on any atom is 0.274 e. The second-order valence-electron chi connectivity index (χ2n) is 7.99. The summed E-state index contributed by atoms with van der Waals surface area (Å²) < 4.78 is 7.51. The van der Waals surface area contributed by atoms with Crippen LogP contribution in [0.2, 0.25) is 0 Å². The van der Waals surface area contributed by atoms with Crippen LogP contribution in [-0.4, -0.2) is 71.5 Å². The fraction of sp³-hybridized carbons (Fsp3) is 0.800. The van der Waals surface area contributed by atoms with Gasteiger partial charge < -0.3 is 15.0 Å². The summed E-state index contributed by atoms with van der Waals surface area (Å²) >= 11 is 1.89. The van der Waals surface area contributed by atoms with Crippen LogP contribution in [0.15, 0.2) is 0 Å². The molecule has 1 N–H and O–H groups in total. The maximum absolute atomic E-state index is 13.1. The number of thioether (sulfide) groups is 1. The standard InChI is InChI=1S/C20H34N4O2S/c1-15(2)14-24-18-6-5-16(21-7-4-12-27-3)13-17(18)19(22-24)20(25)23-8-10-26-11-9-23/h15-16,21H,4-14H2,1-3H3/t16-/m0/s1. The summed E-state index contributed by atoms with van der Waals surface area (Å²) in [6, 6.07) is 0.451. The molecule has 1 fully saturated rings. The van der Waals surface area contributed by atoms with E-state index in [1.54, 1.807) is 0 Å². The summed E-state index contributed by atoms with van der Waals surface area (Å²) in [5, 5.41) is 8.50. The number of ether oxygens (including phenoxy) is 1. The second-order valence-corrected chi connectivity index (χ2v) is 8.98. The number of hydrogen-bond donors (Lipinski definition) is 1. The second kappa shape index (κ2) is 9.94. The number of carbonyl (C=O) groups is 1. The predicted molar refractivity (Wildman–Crippen MR) is 111 cm³/mol. The zero-order chi connectivity index (χ0) is 19.2. The molecule has 0 radical (unpaired) electrons. The Morgan fingerprint density at radius 2 is 2.15 bits per heavy atom. The van der Waals surface area contributed by atoms with Crippen molar-refractivity contribution in [1.82, 2.24) is 20.0 Å². The summed E-state index contributed by atoms with van der Waals surface area (Å²) in [7, 11) is 0. The minimum Gasteiger partial charge on any atom is -0.378 e. The number of amides is 1. The van der Waals surface area contributed by atoms with Gasteiger partial charge in [-0.05, 0) is 50.2 Å². The molecule has 1 aromatic rings. The van der Waals surface area contributed by atoms with Crippen LogP contribution in [0.5, 0.6) is 0 Å². The Kier molecular flexibility index (Phi) is 7.61. The van der Waals surface area contributed by atoms with E-state index in [9.17, 15) is 4.79 Å². The summed E-state index contributed by atoms with van der Waals surface area (Å²) in [6.07, 6.45) is 6.39. The zero-order valence-electron chi connectivity index (χ0n) is 17.0. The van der Waals surface area contributed by atoms with E-state index >= 15 is 0 Å². The molecular formula is C20H34N4O2S. The molecule has 1 saturated heterocycles. The fourth-order valence-electron chi connectivity index (χ4n) is 3.97. The van der Waals surface area contributed by atoms with Crippen LogP contribution in [0.25, 0.3) is 0 Å². The van der Waals surface area contributed by atoms with Crippen molar-refractivity contribution < 1.29 is 9.53 Å². The van der Waals surface area contributed by atoms with Crippen molar-refractivity contribution in [1.29, 1.82) is 0 Å². The number of rotatable bonds is 8. The van der Waals surface area contributed by atoms with Crippen LogP contribution < -0.4 is 5.32 Å². The first-order chi connectivity index (χ1) is 13.1. The summed E-state index contributed by atoms with van der Waals surface area (Å²) in [5.41, 5.74) is 3.14. The highest BCUT2D eigenvalue weighted by Crippen LogP contribution is 2.27. The number of aromatic nitrogens is 2. The average Bonchev–Trinajstić information content (AvgIpc) is 3.02. The van der Waals surface area contributed by atoms with E-state index in [1.807, 2.05) is 16.7 Å². The van der Waals surface area contributed by atoms with Crippen molar-refractivity contribution in [3.8, 4) is 0 Å². The van der Waals surface area contributed by atoms with E-state index in [-0.39, 0.29) is 5.91 Å². The van der Waals surface area contributed by atoms with Gasteiger partial charge in [0.15, 0.2) is 5.69 Å². The third-order valence-electron chi connectivity index (χ3n) is 5.34. The SMILES string of the molecule is CSCCCN[C@H]1CCc2c(c(C(=O)N3CCOCC3)nn2CC(C)C)C1. The summed E-state index contributed by atoms with van der Waals surface area (Å²) in [6.45, 7) is 8.92. The van der Waals surface area contributed by atoms with Crippen LogP contribution in [0, 0.1) is 5.92 Å². The van der Waals surface area contributed by atoms with Gasteiger partial charge in [0.1, 0.15) is 0 Å². The third kappa shape index (κ3) is 5.27. The molecule has 0 spiro atoms. The molecule has 1 aliphatic carbocycles. The van der Waals surface area contributed by atoms with Gasteiger partial charge in [-0.1, -0.05) is 13.8 Å². The minimum atomic E-state index is 0.0834. The van der Waals surface area contributed by atoms with Crippen molar-refractivity contribution in [2.45, 2.75) is 52.1 Å². The van der Waals surface area contributed by atoms with E-state index in [2.05, 4.69) is 30.1 Å². The first-order valence-corrected chi connectivity index (χ1v) is 11.7. The highest BCUT2D eigenvalue weighted by molar-refractivity contribution is 7.98. The first kappa shape index (κ1) is 20.7. The Hall–Kier alpha value is -1.05. The van der Waals surface area contributed by atoms with Gasteiger partial charge in [-0.25, -0.2) is 0 Å². The Balaban J connectivity index is 1.77. The lowest BCUT2D eigenvalue weighted by Crippen LogP contribution is -2.42. The smallest absolute Gasteiger partial charge is 0.274 e. The van der Waals surface area contributed by atoms with Crippen molar-refractivity contribution in [2.24, 2.45) is 5.92 Å². The fourth-order valence-corrected chi connectivity index (χ4v) is 4.40. The van der Waals surface area contributed by atoms with Gasteiger partial charge in [0.05, 0.1) is 13.2 Å². The molecule has 2 heterocycles. The van der Waals surface area contributed by atoms with E-state index in [4.69, 9.17) is 9.84 Å². The normalized spacial score (nSPS) is 20.1. The molecule has 7 heteroatoms. The zero-order valence-corrected chi connectivity index (χ0v) is 17.8. The van der Waals surface area contributed by atoms with Crippen molar-refractivity contribution >= 4 is 17.7 Å². The molecule has 0 aromatic carbocycles. The molecule has 0 saturated carbocycles. The molecule has 0 bridgehead atoms. The molecular weight excluding hydrogens is 360 g/mol. The van der Waals surface area contributed by atoms with Gasteiger partial charge in [0.2, 0.25) is 0 Å². The summed E-state index contributed by atoms with van der Waals surface area (Å²) in [4.78, 5) is 15.1. The molecule has 1 aliphatic heterocycles. The Morgan fingerprint density at radius 1 is 1.37 bits per heavy atom.